The molecule has 1 atom stereocenters. The fourth-order valence-electron chi connectivity index (χ4n) is 1.70. The van der Waals surface area contributed by atoms with E-state index in [1.165, 1.54) is 7.11 Å². The Labute approximate surface area is 108 Å². The van der Waals surface area contributed by atoms with Gasteiger partial charge in [0.25, 0.3) is 0 Å². The zero-order chi connectivity index (χ0) is 13.8. The van der Waals surface area contributed by atoms with Gasteiger partial charge in [0.15, 0.2) is 0 Å². The first-order valence-electron chi connectivity index (χ1n) is 6.03. The summed E-state index contributed by atoms with van der Waals surface area (Å²) in [6.07, 6.45) is 3.76. The zero-order valence-corrected chi connectivity index (χ0v) is 11.4. The first kappa shape index (κ1) is 14.5. The molecule has 0 unspecified atom stereocenters. The zero-order valence-electron chi connectivity index (χ0n) is 11.4. The van der Waals surface area contributed by atoms with Crippen LogP contribution in [0.1, 0.15) is 27.2 Å². The summed E-state index contributed by atoms with van der Waals surface area (Å²) in [5.41, 5.74) is -0.504. The quantitative estimate of drug-likeness (QED) is 0.559. The first-order chi connectivity index (χ1) is 8.31. The molecule has 5 heteroatoms. The van der Waals surface area contributed by atoms with E-state index in [2.05, 4.69) is 4.74 Å². The number of carbonyl (C=O) groups is 2. The van der Waals surface area contributed by atoms with E-state index in [0.717, 1.165) is 0 Å². The minimum atomic E-state index is -0.504. The van der Waals surface area contributed by atoms with Crippen LogP contribution in [0.5, 0.6) is 0 Å². The molecule has 0 aromatic rings. The third-order valence-corrected chi connectivity index (χ3v) is 2.50. The number of amides is 1. The Morgan fingerprint density at radius 3 is 2.61 bits per heavy atom. The lowest BCUT2D eigenvalue weighted by Gasteiger charge is -2.30. The highest BCUT2D eigenvalue weighted by Crippen LogP contribution is 2.17. The maximum Gasteiger partial charge on any atom is 0.410 e. The van der Waals surface area contributed by atoms with Gasteiger partial charge in [-0.3, -0.25) is 4.79 Å². The topological polar surface area (TPSA) is 55.8 Å². The molecule has 0 saturated carbocycles. The highest BCUT2D eigenvalue weighted by molar-refractivity contribution is 5.71. The minimum absolute atomic E-state index is 0.00119. The predicted molar refractivity (Wildman–Crippen MR) is 67.1 cm³/mol. The van der Waals surface area contributed by atoms with Crippen molar-refractivity contribution in [2.75, 3.05) is 20.2 Å². The van der Waals surface area contributed by atoms with Crippen molar-refractivity contribution in [3.05, 3.63) is 12.2 Å². The molecule has 1 aliphatic heterocycles. The van der Waals surface area contributed by atoms with Gasteiger partial charge in [0, 0.05) is 19.0 Å². The molecular weight excluding hydrogens is 234 g/mol. The van der Waals surface area contributed by atoms with E-state index in [9.17, 15) is 9.59 Å². The molecule has 0 aromatic heterocycles. The van der Waals surface area contributed by atoms with Gasteiger partial charge in [-0.15, -0.1) is 0 Å². The van der Waals surface area contributed by atoms with Crippen molar-refractivity contribution in [2.45, 2.75) is 32.8 Å². The Morgan fingerprint density at radius 1 is 1.39 bits per heavy atom. The van der Waals surface area contributed by atoms with Gasteiger partial charge in [0.2, 0.25) is 0 Å². The number of hydrogen-bond acceptors (Lipinski definition) is 4. The number of methoxy groups -OCH3 is 1. The predicted octanol–water partition coefficient (Wildman–Crippen LogP) is 1.97. The molecule has 0 radical (unpaired) electrons. The van der Waals surface area contributed by atoms with E-state index >= 15 is 0 Å². The van der Waals surface area contributed by atoms with Crippen molar-refractivity contribution in [3.8, 4) is 0 Å². The molecule has 1 heterocycles. The maximum absolute atomic E-state index is 11.9. The Bertz CT molecular complexity index is 343. The lowest BCUT2D eigenvalue weighted by molar-refractivity contribution is -0.141. The van der Waals surface area contributed by atoms with Crippen LogP contribution in [0, 0.1) is 5.92 Å². The van der Waals surface area contributed by atoms with E-state index in [1.54, 1.807) is 4.90 Å². The fraction of sp³-hybridized carbons (Fsp3) is 0.692. The molecule has 1 amide bonds. The third kappa shape index (κ3) is 4.77. The van der Waals surface area contributed by atoms with Gasteiger partial charge in [-0.25, -0.2) is 4.79 Å². The maximum atomic E-state index is 11.9. The minimum Gasteiger partial charge on any atom is -0.469 e. The number of ether oxygens (including phenoxy) is 2. The largest absolute Gasteiger partial charge is 0.469 e. The second-order valence-corrected chi connectivity index (χ2v) is 5.35. The van der Waals surface area contributed by atoms with Crippen LogP contribution >= 0.6 is 0 Å². The van der Waals surface area contributed by atoms with Crippen LogP contribution in [0.4, 0.5) is 4.79 Å². The number of hydrogen-bond donors (Lipinski definition) is 0. The SMILES string of the molecule is COC(=O)C[C@@H]1C=CCN(C(=O)OC(C)(C)C)C1. The van der Waals surface area contributed by atoms with Crippen LogP contribution in [0.25, 0.3) is 0 Å². The van der Waals surface area contributed by atoms with Gasteiger partial charge in [-0.1, -0.05) is 12.2 Å². The van der Waals surface area contributed by atoms with Crippen molar-refractivity contribution in [3.63, 3.8) is 0 Å². The van der Waals surface area contributed by atoms with Crippen LogP contribution in [-0.2, 0) is 14.3 Å². The molecule has 0 bridgehead atoms. The molecule has 0 saturated heterocycles. The van der Waals surface area contributed by atoms with Crippen LogP contribution in [-0.4, -0.2) is 42.8 Å². The summed E-state index contributed by atoms with van der Waals surface area (Å²) >= 11 is 0. The normalized spacial score (nSPS) is 19.6. The molecule has 1 aliphatic rings. The molecule has 0 aliphatic carbocycles. The van der Waals surface area contributed by atoms with Crippen LogP contribution in [0.15, 0.2) is 12.2 Å². The van der Waals surface area contributed by atoms with Gasteiger partial charge in [0.1, 0.15) is 5.60 Å². The third-order valence-electron chi connectivity index (χ3n) is 2.50. The van der Waals surface area contributed by atoms with Gasteiger partial charge in [0.05, 0.1) is 13.5 Å². The van der Waals surface area contributed by atoms with Crippen LogP contribution < -0.4 is 0 Å². The summed E-state index contributed by atoms with van der Waals surface area (Å²) in [6.45, 7) is 6.50. The van der Waals surface area contributed by atoms with Gasteiger partial charge in [-0.2, -0.15) is 0 Å². The Hall–Kier alpha value is -1.52. The Morgan fingerprint density at radius 2 is 2.06 bits per heavy atom. The van der Waals surface area contributed by atoms with Crippen molar-refractivity contribution in [1.82, 2.24) is 4.90 Å². The number of rotatable bonds is 2. The average molecular weight is 255 g/mol. The molecule has 102 valence electrons. The van der Waals surface area contributed by atoms with E-state index < -0.39 is 5.60 Å². The van der Waals surface area contributed by atoms with Crippen molar-refractivity contribution < 1.29 is 19.1 Å². The molecule has 0 fully saturated rings. The van der Waals surface area contributed by atoms with E-state index in [-0.39, 0.29) is 24.4 Å². The van der Waals surface area contributed by atoms with Crippen molar-refractivity contribution >= 4 is 12.1 Å². The van der Waals surface area contributed by atoms with E-state index in [1.807, 2.05) is 32.9 Å². The smallest absolute Gasteiger partial charge is 0.410 e. The van der Waals surface area contributed by atoms with Crippen molar-refractivity contribution in [2.24, 2.45) is 5.92 Å². The summed E-state index contributed by atoms with van der Waals surface area (Å²) in [7, 11) is 1.36. The monoisotopic (exact) mass is 255 g/mol. The van der Waals surface area contributed by atoms with Gasteiger partial charge in [-0.05, 0) is 20.8 Å². The molecule has 1 rings (SSSR count). The first-order valence-corrected chi connectivity index (χ1v) is 6.03. The highest BCUT2D eigenvalue weighted by atomic mass is 16.6. The van der Waals surface area contributed by atoms with Crippen LogP contribution in [0.2, 0.25) is 0 Å². The molecule has 0 aromatic carbocycles. The van der Waals surface area contributed by atoms with Gasteiger partial charge < -0.3 is 14.4 Å². The van der Waals surface area contributed by atoms with Gasteiger partial charge >= 0.3 is 12.1 Å². The molecule has 0 N–H and O–H groups in total. The lowest BCUT2D eigenvalue weighted by atomic mass is 10.0. The highest BCUT2D eigenvalue weighted by Gasteiger charge is 2.26. The summed E-state index contributed by atoms with van der Waals surface area (Å²) in [5.74, 6) is -0.269. The van der Waals surface area contributed by atoms with E-state index in [4.69, 9.17) is 4.74 Å². The Balaban J connectivity index is 2.53. The summed E-state index contributed by atoms with van der Waals surface area (Å²) in [4.78, 5) is 24.7. The molecule has 0 spiro atoms. The lowest BCUT2D eigenvalue weighted by Crippen LogP contribution is -2.41. The van der Waals surface area contributed by atoms with Crippen LogP contribution in [0.3, 0.4) is 0 Å². The average Bonchev–Trinajstić information content (AvgIpc) is 2.27. The number of nitrogens with zero attached hydrogens (tertiary/aromatic N) is 1. The fourth-order valence-corrected chi connectivity index (χ4v) is 1.70. The molecule has 18 heavy (non-hydrogen) atoms. The molecule has 5 nitrogen and oxygen atoms in total. The standard InChI is InChI=1S/C13H21NO4/c1-13(2,3)18-12(16)14-7-5-6-10(9-14)8-11(15)17-4/h5-6,10H,7-9H2,1-4H3/t10-/m0/s1. The number of esters is 1. The number of carbonyl (C=O) groups excluding carboxylic acids is 2. The Kier molecular flexibility index (Phi) is 4.76. The second kappa shape index (κ2) is 5.89. The van der Waals surface area contributed by atoms with Crippen molar-refractivity contribution in [1.29, 1.82) is 0 Å². The second-order valence-electron chi connectivity index (χ2n) is 5.35. The molecular formula is C13H21NO4. The van der Waals surface area contributed by atoms with E-state index in [0.29, 0.717) is 13.1 Å². The summed E-state index contributed by atoms with van der Waals surface area (Å²) < 4.78 is 9.92. The summed E-state index contributed by atoms with van der Waals surface area (Å²) in [6, 6.07) is 0. The summed E-state index contributed by atoms with van der Waals surface area (Å²) in [5, 5.41) is 0.